The van der Waals surface area contributed by atoms with Crippen molar-refractivity contribution in [2.45, 2.75) is 0 Å². The average Bonchev–Trinajstić information content (AvgIpc) is 2.03. The molecule has 0 heterocycles. The Labute approximate surface area is 75.1 Å². The Morgan fingerprint density at radius 2 is 2.25 bits per heavy atom. The van der Waals surface area contributed by atoms with Gasteiger partial charge in [-0.1, -0.05) is 24.2 Å². The summed E-state index contributed by atoms with van der Waals surface area (Å²) in [7, 11) is 0. The van der Waals surface area contributed by atoms with E-state index in [1.807, 2.05) is 0 Å². The van der Waals surface area contributed by atoms with E-state index in [2.05, 4.69) is 6.58 Å². The molecule has 0 spiro atoms. The van der Waals surface area contributed by atoms with Crippen LogP contribution in [0.5, 0.6) is 5.75 Å². The van der Waals surface area contributed by atoms with E-state index < -0.39 is 0 Å². The van der Waals surface area contributed by atoms with Crippen LogP contribution >= 0.6 is 11.6 Å². The van der Waals surface area contributed by atoms with E-state index in [0.29, 0.717) is 0 Å². The molecule has 0 aliphatic rings. The van der Waals surface area contributed by atoms with Crippen LogP contribution in [0.25, 0.3) is 0 Å². The summed E-state index contributed by atoms with van der Waals surface area (Å²) in [5.41, 5.74) is 0.106. The van der Waals surface area contributed by atoms with Gasteiger partial charge in [-0.25, -0.2) is 0 Å². The normalized spacial score (nSPS) is 9.42. The molecule has 2 nitrogen and oxygen atoms in total. The molecule has 62 valence electrons. The van der Waals surface area contributed by atoms with Crippen molar-refractivity contribution in [2.24, 2.45) is 0 Å². The number of carbonyl (C=O) groups excluding carboxylic acids is 1. The monoisotopic (exact) mass is 182 g/mol. The first-order valence-corrected chi connectivity index (χ1v) is 3.69. The zero-order chi connectivity index (χ0) is 9.14. The summed E-state index contributed by atoms with van der Waals surface area (Å²) in [6.45, 7) is 3.30. The van der Waals surface area contributed by atoms with Gasteiger partial charge >= 0.3 is 0 Å². The molecule has 0 bridgehead atoms. The van der Waals surface area contributed by atoms with E-state index in [4.69, 9.17) is 11.6 Å². The first-order chi connectivity index (χ1) is 5.66. The highest BCUT2D eigenvalue weighted by Crippen LogP contribution is 2.25. The number of hydrogen-bond donors (Lipinski definition) is 1. The second-order valence-electron chi connectivity index (χ2n) is 2.20. The quantitative estimate of drug-likeness (QED) is 0.564. The Bertz CT molecular complexity index is 311. The molecule has 0 aliphatic heterocycles. The van der Waals surface area contributed by atoms with Gasteiger partial charge in [-0.3, -0.25) is 4.79 Å². The number of rotatable bonds is 2. The van der Waals surface area contributed by atoms with Crippen molar-refractivity contribution in [3.8, 4) is 5.75 Å². The Kier molecular flexibility index (Phi) is 2.51. The van der Waals surface area contributed by atoms with Crippen molar-refractivity contribution in [1.29, 1.82) is 0 Å². The molecule has 0 saturated heterocycles. The van der Waals surface area contributed by atoms with Gasteiger partial charge in [0, 0.05) is 0 Å². The molecule has 1 aromatic rings. The van der Waals surface area contributed by atoms with Crippen molar-refractivity contribution in [3.63, 3.8) is 0 Å². The highest BCUT2D eigenvalue weighted by Gasteiger charge is 2.11. The molecule has 0 aromatic heterocycles. The van der Waals surface area contributed by atoms with E-state index in [-0.39, 0.29) is 22.1 Å². The van der Waals surface area contributed by atoms with Gasteiger partial charge in [-0.05, 0) is 18.2 Å². The van der Waals surface area contributed by atoms with E-state index in [1.54, 1.807) is 6.07 Å². The van der Waals surface area contributed by atoms with Gasteiger partial charge < -0.3 is 5.11 Å². The SMILES string of the molecule is C=CC(=O)c1c(O)cccc1Cl. The minimum Gasteiger partial charge on any atom is -0.507 e. The molecule has 0 amide bonds. The molecule has 0 fully saturated rings. The second kappa shape index (κ2) is 3.41. The highest BCUT2D eigenvalue weighted by molar-refractivity contribution is 6.35. The number of benzene rings is 1. The highest BCUT2D eigenvalue weighted by atomic mass is 35.5. The molecule has 0 radical (unpaired) electrons. The summed E-state index contributed by atoms with van der Waals surface area (Å²) in [6.07, 6.45) is 1.11. The number of halogens is 1. The summed E-state index contributed by atoms with van der Waals surface area (Å²) in [5.74, 6) is -0.495. The number of aromatic hydroxyl groups is 1. The van der Waals surface area contributed by atoms with Gasteiger partial charge in [0.1, 0.15) is 5.75 Å². The maximum absolute atomic E-state index is 11.1. The minimum atomic E-state index is -0.377. The standard InChI is InChI=1S/C9H7ClO2/c1-2-7(11)9-6(10)4-3-5-8(9)12/h2-5,12H,1H2. The van der Waals surface area contributed by atoms with Crippen molar-refractivity contribution in [1.82, 2.24) is 0 Å². The molecular weight excluding hydrogens is 176 g/mol. The molecule has 0 unspecified atom stereocenters. The predicted octanol–water partition coefficient (Wildman–Crippen LogP) is 2.41. The van der Waals surface area contributed by atoms with Gasteiger partial charge in [0.25, 0.3) is 0 Å². The molecule has 1 N–H and O–H groups in total. The summed E-state index contributed by atoms with van der Waals surface area (Å²) in [6, 6.07) is 4.51. The Morgan fingerprint density at radius 1 is 1.58 bits per heavy atom. The Balaban J connectivity index is 3.30. The Hall–Kier alpha value is -1.28. The number of hydrogen-bond acceptors (Lipinski definition) is 2. The first kappa shape index (κ1) is 8.81. The van der Waals surface area contributed by atoms with Gasteiger partial charge in [0.15, 0.2) is 5.78 Å². The smallest absolute Gasteiger partial charge is 0.190 e. The fourth-order valence-electron chi connectivity index (χ4n) is 0.859. The number of phenols is 1. The Morgan fingerprint density at radius 3 is 2.75 bits per heavy atom. The fourth-order valence-corrected chi connectivity index (χ4v) is 1.12. The van der Waals surface area contributed by atoms with Gasteiger partial charge in [-0.15, -0.1) is 0 Å². The van der Waals surface area contributed by atoms with E-state index in [0.717, 1.165) is 6.08 Å². The average molecular weight is 183 g/mol. The largest absolute Gasteiger partial charge is 0.507 e. The maximum atomic E-state index is 11.1. The van der Waals surface area contributed by atoms with Crippen molar-refractivity contribution in [3.05, 3.63) is 41.4 Å². The van der Waals surface area contributed by atoms with Crippen LogP contribution in [0.3, 0.4) is 0 Å². The van der Waals surface area contributed by atoms with E-state index in [1.165, 1.54) is 12.1 Å². The fraction of sp³-hybridized carbons (Fsp3) is 0. The van der Waals surface area contributed by atoms with Crippen LogP contribution in [0.4, 0.5) is 0 Å². The lowest BCUT2D eigenvalue weighted by molar-refractivity contribution is 0.104. The summed E-state index contributed by atoms with van der Waals surface area (Å²) < 4.78 is 0. The zero-order valence-electron chi connectivity index (χ0n) is 6.25. The van der Waals surface area contributed by atoms with E-state index in [9.17, 15) is 9.90 Å². The molecule has 1 aromatic carbocycles. The number of allylic oxidation sites excluding steroid dienone is 1. The lowest BCUT2D eigenvalue weighted by atomic mass is 10.1. The minimum absolute atomic E-state index is 0.106. The van der Waals surface area contributed by atoms with Crippen LogP contribution in [-0.4, -0.2) is 10.9 Å². The molecule has 0 aliphatic carbocycles. The van der Waals surface area contributed by atoms with Crippen LogP contribution in [0.2, 0.25) is 5.02 Å². The first-order valence-electron chi connectivity index (χ1n) is 3.31. The third-order valence-corrected chi connectivity index (χ3v) is 1.74. The molecule has 3 heteroatoms. The molecule has 12 heavy (non-hydrogen) atoms. The van der Waals surface area contributed by atoms with Crippen molar-refractivity contribution < 1.29 is 9.90 Å². The molecular formula is C9H7ClO2. The molecule has 0 saturated carbocycles. The van der Waals surface area contributed by atoms with E-state index >= 15 is 0 Å². The predicted molar refractivity (Wildman–Crippen MR) is 47.6 cm³/mol. The lowest BCUT2D eigenvalue weighted by Crippen LogP contribution is -1.94. The lowest BCUT2D eigenvalue weighted by Gasteiger charge is -2.01. The summed E-state index contributed by atoms with van der Waals surface area (Å²) in [5, 5.41) is 9.48. The number of phenolic OH excluding ortho intramolecular Hbond substituents is 1. The van der Waals surface area contributed by atoms with Crippen LogP contribution in [0, 0.1) is 0 Å². The van der Waals surface area contributed by atoms with Gasteiger partial charge in [0.2, 0.25) is 0 Å². The van der Waals surface area contributed by atoms with Gasteiger partial charge in [-0.2, -0.15) is 0 Å². The van der Waals surface area contributed by atoms with Crippen LogP contribution < -0.4 is 0 Å². The molecule has 1 rings (SSSR count). The zero-order valence-corrected chi connectivity index (χ0v) is 7.01. The van der Waals surface area contributed by atoms with Crippen LogP contribution in [-0.2, 0) is 0 Å². The van der Waals surface area contributed by atoms with Crippen molar-refractivity contribution in [2.75, 3.05) is 0 Å². The van der Waals surface area contributed by atoms with Crippen LogP contribution in [0.15, 0.2) is 30.9 Å². The topological polar surface area (TPSA) is 37.3 Å². The third-order valence-electron chi connectivity index (χ3n) is 1.42. The maximum Gasteiger partial charge on any atom is 0.190 e. The number of ketones is 1. The van der Waals surface area contributed by atoms with Gasteiger partial charge in [0.05, 0.1) is 10.6 Å². The number of carbonyl (C=O) groups is 1. The van der Waals surface area contributed by atoms with Crippen molar-refractivity contribution >= 4 is 17.4 Å². The second-order valence-corrected chi connectivity index (χ2v) is 2.61. The summed E-state index contributed by atoms with van der Waals surface area (Å²) >= 11 is 5.67. The third kappa shape index (κ3) is 1.48. The molecule has 0 atom stereocenters. The van der Waals surface area contributed by atoms with Crippen LogP contribution in [0.1, 0.15) is 10.4 Å². The summed E-state index contributed by atoms with van der Waals surface area (Å²) in [4.78, 5) is 11.1.